The molecule has 0 aromatic heterocycles. The zero-order valence-corrected chi connectivity index (χ0v) is 25.5. The average molecular weight is 626 g/mol. The van der Waals surface area contributed by atoms with Crippen LogP contribution in [0.25, 0.3) is 0 Å². The number of esters is 1. The Morgan fingerprint density at radius 2 is 1.75 bits per heavy atom. The average Bonchev–Trinajstić information content (AvgIpc) is 3.31. The molecule has 44 heavy (non-hydrogen) atoms. The summed E-state index contributed by atoms with van der Waals surface area (Å²) in [4.78, 5) is 38.7. The van der Waals surface area contributed by atoms with E-state index in [-0.39, 0.29) is 35.7 Å². The van der Waals surface area contributed by atoms with Gasteiger partial charge >= 0.3 is 24.1 Å². The van der Waals surface area contributed by atoms with Gasteiger partial charge in [0.05, 0.1) is 11.7 Å². The molecule has 0 spiro atoms. The van der Waals surface area contributed by atoms with E-state index in [1.165, 1.54) is 20.8 Å². The number of fused-ring (bicyclic) bond motifs is 1. The molecule has 2 aromatic rings. The summed E-state index contributed by atoms with van der Waals surface area (Å²) in [5.41, 5.74) is -1.80. The van der Waals surface area contributed by atoms with E-state index >= 15 is 4.39 Å². The first-order chi connectivity index (χ1) is 20.6. The van der Waals surface area contributed by atoms with Gasteiger partial charge in [-0.15, -0.1) is 0 Å². The van der Waals surface area contributed by atoms with Gasteiger partial charge in [0.2, 0.25) is 0 Å². The zero-order valence-electron chi connectivity index (χ0n) is 25.5. The monoisotopic (exact) mass is 625 g/mol. The Balaban J connectivity index is 2.13. The van der Waals surface area contributed by atoms with E-state index in [1.807, 2.05) is 13.8 Å². The van der Waals surface area contributed by atoms with Gasteiger partial charge in [0, 0.05) is 18.2 Å². The summed E-state index contributed by atoms with van der Waals surface area (Å²) in [7, 11) is 0. The SMILES string of the molecule is CCC(CC)CNC[C@H]1Cc2c(cc(OCc3ccccc3)c(N(CC(=O)OC(C)(C)C)C(=O)C(F)(F)F)c2F)N1C(=O)O. The fraction of sp³-hybridized carbons (Fsp3) is 0.516. The number of hydrogen-bond acceptors (Lipinski definition) is 6. The van der Waals surface area contributed by atoms with Crippen LogP contribution in [-0.4, -0.2) is 60.5 Å². The van der Waals surface area contributed by atoms with Crippen LogP contribution in [0.5, 0.6) is 5.75 Å². The number of rotatable bonds is 12. The highest BCUT2D eigenvalue weighted by atomic mass is 19.4. The van der Waals surface area contributed by atoms with E-state index in [2.05, 4.69) is 5.32 Å². The van der Waals surface area contributed by atoms with Crippen LogP contribution >= 0.6 is 0 Å². The van der Waals surface area contributed by atoms with E-state index in [1.54, 1.807) is 30.3 Å². The lowest BCUT2D eigenvalue weighted by Crippen LogP contribution is -2.46. The molecule has 2 amide bonds. The first-order valence-electron chi connectivity index (χ1n) is 14.4. The molecule has 0 saturated heterocycles. The third-order valence-electron chi connectivity index (χ3n) is 7.22. The van der Waals surface area contributed by atoms with Crippen molar-refractivity contribution in [1.29, 1.82) is 0 Å². The summed E-state index contributed by atoms with van der Waals surface area (Å²) >= 11 is 0. The lowest BCUT2D eigenvalue weighted by Gasteiger charge is -2.28. The fourth-order valence-corrected chi connectivity index (χ4v) is 5.04. The number of alkyl halides is 3. The number of hydrogen-bond donors (Lipinski definition) is 2. The quantitative estimate of drug-likeness (QED) is 0.218. The van der Waals surface area contributed by atoms with Crippen molar-refractivity contribution in [2.24, 2.45) is 5.92 Å². The largest absolute Gasteiger partial charge is 0.487 e. The fourth-order valence-electron chi connectivity index (χ4n) is 5.04. The zero-order chi connectivity index (χ0) is 32.8. The van der Waals surface area contributed by atoms with Crippen LogP contribution in [0.1, 0.15) is 58.6 Å². The Hall–Kier alpha value is -3.87. The first-order valence-corrected chi connectivity index (χ1v) is 14.4. The maximum absolute atomic E-state index is 16.5. The van der Waals surface area contributed by atoms with Gasteiger partial charge in [-0.25, -0.2) is 9.18 Å². The molecule has 0 radical (unpaired) electrons. The molecular weight excluding hydrogens is 586 g/mol. The summed E-state index contributed by atoms with van der Waals surface area (Å²) in [5.74, 6) is -5.21. The van der Waals surface area contributed by atoms with Crippen molar-refractivity contribution in [1.82, 2.24) is 5.32 Å². The Morgan fingerprint density at radius 1 is 1.11 bits per heavy atom. The Kier molecular flexibility index (Phi) is 11.2. The molecule has 242 valence electrons. The van der Waals surface area contributed by atoms with Crippen molar-refractivity contribution in [3.05, 3.63) is 53.3 Å². The number of nitrogens with one attached hydrogen (secondary N) is 1. The smallest absolute Gasteiger partial charge is 0.471 e. The van der Waals surface area contributed by atoms with Crippen LogP contribution in [-0.2, 0) is 27.4 Å². The molecular formula is C31H39F4N3O6. The van der Waals surface area contributed by atoms with Gasteiger partial charge in [-0.2, -0.15) is 13.2 Å². The molecule has 2 aromatic carbocycles. The van der Waals surface area contributed by atoms with Crippen molar-refractivity contribution >= 4 is 29.3 Å². The van der Waals surface area contributed by atoms with E-state index in [4.69, 9.17) is 9.47 Å². The standard InChI is InChI=1S/C31H39F4N3O6/c1-6-19(7-2)15-36-16-21-13-22-23(38(21)29(41)42)14-24(43-18-20-11-9-8-10-12-20)27(26(22)32)37(28(40)31(33,34)35)17-25(39)44-30(3,4)5/h8-12,14,19,21,36H,6-7,13,15-18H2,1-5H3,(H,41,42)/t21-/m1/s1. The minimum atomic E-state index is -5.49. The van der Waals surface area contributed by atoms with Crippen molar-refractivity contribution in [3.8, 4) is 5.75 Å². The van der Waals surface area contributed by atoms with Gasteiger partial charge in [-0.3, -0.25) is 19.4 Å². The topological polar surface area (TPSA) is 108 Å². The van der Waals surface area contributed by atoms with Crippen LogP contribution in [0.4, 0.5) is 33.7 Å². The summed E-state index contributed by atoms with van der Waals surface area (Å²) in [6, 6.07) is 8.75. The third-order valence-corrected chi connectivity index (χ3v) is 7.22. The lowest BCUT2D eigenvalue weighted by atomic mass is 10.0. The Labute approximate surface area is 254 Å². The normalized spacial score (nSPS) is 14.9. The van der Waals surface area contributed by atoms with Crippen LogP contribution in [0.15, 0.2) is 36.4 Å². The van der Waals surface area contributed by atoms with Crippen LogP contribution in [0.3, 0.4) is 0 Å². The summed E-state index contributed by atoms with van der Waals surface area (Å²) in [6.07, 6.45) is -5.26. The number of carboxylic acid groups (broad SMARTS) is 1. The molecule has 3 rings (SSSR count). The van der Waals surface area contributed by atoms with Crippen LogP contribution < -0.4 is 19.9 Å². The second kappa shape index (κ2) is 14.3. The molecule has 13 heteroatoms. The predicted octanol–water partition coefficient (Wildman–Crippen LogP) is 6.08. The Bertz CT molecular complexity index is 1330. The molecule has 2 N–H and O–H groups in total. The highest BCUT2D eigenvalue weighted by molar-refractivity contribution is 6.03. The maximum Gasteiger partial charge on any atom is 0.471 e. The van der Waals surface area contributed by atoms with E-state index in [9.17, 15) is 32.7 Å². The summed E-state index contributed by atoms with van der Waals surface area (Å²) in [6.45, 7) is 7.76. The number of nitrogens with zero attached hydrogens (tertiary/aromatic N) is 2. The van der Waals surface area contributed by atoms with Crippen molar-refractivity contribution < 1.29 is 46.5 Å². The number of amides is 2. The molecule has 1 aliphatic heterocycles. The highest BCUT2D eigenvalue weighted by Gasteiger charge is 2.47. The van der Waals surface area contributed by atoms with Crippen LogP contribution in [0, 0.1) is 11.7 Å². The molecule has 0 aliphatic carbocycles. The van der Waals surface area contributed by atoms with Crippen molar-refractivity contribution in [2.75, 3.05) is 29.4 Å². The summed E-state index contributed by atoms with van der Waals surface area (Å²) < 4.78 is 69.0. The number of ether oxygens (including phenoxy) is 2. The number of carbonyl (C=O) groups is 3. The molecule has 1 heterocycles. The molecule has 0 saturated carbocycles. The molecule has 1 atom stereocenters. The molecule has 9 nitrogen and oxygen atoms in total. The van der Waals surface area contributed by atoms with Gasteiger partial charge in [-0.1, -0.05) is 57.0 Å². The van der Waals surface area contributed by atoms with Gasteiger partial charge in [0.1, 0.15) is 30.2 Å². The second-order valence-corrected chi connectivity index (χ2v) is 11.6. The number of carbonyl (C=O) groups excluding carboxylic acids is 2. The second-order valence-electron chi connectivity index (χ2n) is 11.6. The van der Waals surface area contributed by atoms with Gasteiger partial charge in [0.15, 0.2) is 5.82 Å². The van der Waals surface area contributed by atoms with Gasteiger partial charge < -0.3 is 19.9 Å². The first kappa shape index (κ1) is 34.6. The number of halogens is 4. The molecule has 0 fully saturated rings. The van der Waals surface area contributed by atoms with Crippen molar-refractivity contribution in [3.63, 3.8) is 0 Å². The summed E-state index contributed by atoms with van der Waals surface area (Å²) in [5, 5.41) is 13.3. The number of benzene rings is 2. The van der Waals surface area contributed by atoms with Crippen LogP contribution in [0.2, 0.25) is 0 Å². The Morgan fingerprint density at radius 3 is 2.30 bits per heavy atom. The molecule has 0 unspecified atom stereocenters. The third kappa shape index (κ3) is 8.61. The molecule has 1 aliphatic rings. The number of anilines is 2. The van der Waals surface area contributed by atoms with E-state index in [0.717, 1.165) is 23.8 Å². The minimum absolute atomic E-state index is 0.0478. The van der Waals surface area contributed by atoms with Crippen molar-refractivity contribution in [2.45, 2.75) is 78.3 Å². The predicted molar refractivity (Wildman–Crippen MR) is 156 cm³/mol. The minimum Gasteiger partial charge on any atom is -0.487 e. The highest BCUT2D eigenvalue weighted by Crippen LogP contribution is 2.45. The van der Waals surface area contributed by atoms with E-state index < -0.39 is 59.6 Å². The maximum atomic E-state index is 16.5. The lowest BCUT2D eigenvalue weighted by molar-refractivity contribution is -0.171. The molecule has 0 bridgehead atoms. The van der Waals surface area contributed by atoms with Gasteiger partial charge in [0.25, 0.3) is 0 Å². The van der Waals surface area contributed by atoms with Gasteiger partial charge in [-0.05, 0) is 45.2 Å². The van der Waals surface area contributed by atoms with E-state index in [0.29, 0.717) is 18.0 Å².